The van der Waals surface area contributed by atoms with Gasteiger partial charge in [0.15, 0.2) is 0 Å². The molecule has 6 aliphatic carbocycles. The normalized spacial score (nSPS) is 27.1. The van der Waals surface area contributed by atoms with Crippen LogP contribution in [0, 0.1) is 107 Å². The van der Waals surface area contributed by atoms with Crippen LogP contribution in [0.3, 0.4) is 0 Å². The number of methoxy groups -OCH3 is 6. The Balaban J connectivity index is 0.000000144. The van der Waals surface area contributed by atoms with Gasteiger partial charge in [0.05, 0.1) is 93.9 Å². The minimum Gasteiger partial charge on any atom is -0.509 e. The van der Waals surface area contributed by atoms with Crippen molar-refractivity contribution >= 4 is 138 Å². The zero-order chi connectivity index (χ0) is 104. The zero-order valence-corrected chi connectivity index (χ0v) is 90.3. The van der Waals surface area contributed by atoms with Crippen molar-refractivity contribution in [2.24, 2.45) is 23.7 Å². The molecule has 12 N–H and O–H groups in total. The highest BCUT2D eigenvalue weighted by atomic mass is 35.5. The van der Waals surface area contributed by atoms with Gasteiger partial charge in [0.25, 0.3) is 35.4 Å². The molecular formula is C113H142Cl6N6O18. The van der Waals surface area contributed by atoms with Crippen molar-refractivity contribution in [2.75, 3.05) is 69.1 Å². The third kappa shape index (κ3) is 23.0. The first-order valence-electron chi connectivity index (χ1n) is 50.0. The number of hydrogen-bond acceptors (Lipinski definition) is 18. The van der Waals surface area contributed by atoms with Gasteiger partial charge in [0.2, 0.25) is 0 Å². The van der Waals surface area contributed by atoms with Crippen LogP contribution in [0.25, 0.3) is 33.4 Å². The number of hydrogen-bond donors (Lipinski definition) is 12. The van der Waals surface area contributed by atoms with Crippen molar-refractivity contribution < 1.29 is 87.8 Å². The summed E-state index contributed by atoms with van der Waals surface area (Å²) < 4.78 is 31.7. The summed E-state index contributed by atoms with van der Waals surface area (Å²) in [5.74, 6) is 1.81. The maximum atomic E-state index is 12.8. The first-order chi connectivity index (χ1) is 67.8. The van der Waals surface area contributed by atoms with E-state index in [-0.39, 0.29) is 103 Å². The lowest BCUT2D eigenvalue weighted by Gasteiger charge is -2.37. The highest BCUT2D eigenvalue weighted by Crippen LogP contribution is 2.53. The van der Waals surface area contributed by atoms with Crippen molar-refractivity contribution in [3.05, 3.63) is 238 Å². The molecule has 774 valence electrons. The van der Waals surface area contributed by atoms with Crippen LogP contribution in [0.1, 0.15) is 261 Å². The number of amides is 6. The van der Waals surface area contributed by atoms with Crippen LogP contribution >= 0.6 is 69.6 Å². The molecule has 0 atom stereocenters. The van der Waals surface area contributed by atoms with E-state index in [1.54, 1.807) is 67.8 Å². The summed E-state index contributed by atoms with van der Waals surface area (Å²) in [4.78, 5) is 75.8. The summed E-state index contributed by atoms with van der Waals surface area (Å²) in [5, 5.41) is 86.3. The van der Waals surface area contributed by atoms with Crippen LogP contribution in [-0.2, 0) is 57.2 Å². The number of halogens is 6. The Labute approximate surface area is 871 Å². The van der Waals surface area contributed by atoms with Gasteiger partial charge in [0.1, 0.15) is 34.6 Å². The standard InChI is InChI=1S/C21H29NO3.C20H27NO3.C19H24ClNO3.C18H21Cl2NO3.C18H23NO3.C17H18Cl3NO3/c1-13-11-14(2)17(15(3)12-13)18-19(23)21(22-20(18)24)8-5-16(6-9-21)7-10-25-4;1-12-9-13(2)16(14(3)10-12)17-18(22)20(21-19(17)23)7-5-15(6-8-20)11-24-4;1-11-8-14(20)9-12(2)15(11)16-17(22)19(21-18(16)23)6-4-13(5-7-19)10-24-3;1-10-7-12(19)8-13(20)14(10)15-16(22)18(21-17(15)23)5-3-11(4-6-18)9-24-2;1-11-4-5-12(2)14(10-11)15-16(20)18(19-17(15)21)8-6-13(22-3)7-9-18;1-8-10(18)7-11(19)12(14(8)20)13-15(22)17(21-16(13)23)5-3-9(24-2)4-6-17/h11-12,16,23H,5-10H2,1-4H3,(H,22,24);9-10,15,22H,5-8,11H2,1-4H3,(H,21,23);8-9,13,22H,4-7,10H2,1-3H3,(H,21,23);7-8,11,22H,3-6,9H2,1-2H3,(H,21,23);4-5,10,13,20H,6-9H2,1-3H3,(H,19,21);7,9,22H,3-6H2,1-2H3,(H,21,23). The van der Waals surface area contributed by atoms with Crippen molar-refractivity contribution in [1.82, 2.24) is 31.9 Å². The summed E-state index contributed by atoms with van der Waals surface area (Å²) in [5.41, 5.74) is 14.5. The van der Waals surface area contributed by atoms with Gasteiger partial charge in [-0.3, -0.25) is 28.8 Å². The van der Waals surface area contributed by atoms with Crippen molar-refractivity contribution in [2.45, 2.75) is 289 Å². The molecule has 24 nitrogen and oxygen atoms in total. The number of carbonyl (C=O) groups is 6. The Hall–Kier alpha value is -9.12. The first kappa shape index (κ1) is 111. The van der Waals surface area contributed by atoms with Crippen LogP contribution in [0.4, 0.5) is 0 Å². The highest BCUT2D eigenvalue weighted by molar-refractivity contribution is 6.44. The quantitative estimate of drug-likeness (QED) is 0.0403. The van der Waals surface area contributed by atoms with Gasteiger partial charge in [-0.05, 0) is 370 Å². The van der Waals surface area contributed by atoms with E-state index in [1.807, 2.05) is 99.6 Å². The van der Waals surface area contributed by atoms with Crippen LogP contribution in [0.2, 0.25) is 30.1 Å². The molecule has 6 aromatic carbocycles. The maximum absolute atomic E-state index is 12.8. The smallest absolute Gasteiger partial charge is 0.256 e. The fourth-order valence-electron chi connectivity index (χ4n) is 24.2. The number of carbonyl (C=O) groups excluding carboxylic acids is 6. The molecule has 0 bridgehead atoms. The third-order valence-electron chi connectivity index (χ3n) is 32.0. The Morgan fingerprint density at radius 2 is 0.552 bits per heavy atom. The second-order valence-corrected chi connectivity index (χ2v) is 44.3. The molecule has 6 saturated carbocycles. The predicted octanol–water partition coefficient (Wildman–Crippen LogP) is 23.5. The Morgan fingerprint density at radius 1 is 0.287 bits per heavy atom. The van der Waals surface area contributed by atoms with E-state index in [0.717, 1.165) is 227 Å². The molecule has 0 aromatic heterocycles. The summed E-state index contributed by atoms with van der Waals surface area (Å²) in [6.45, 7) is 26.5. The Bertz CT molecular complexity index is 5700. The van der Waals surface area contributed by atoms with Gasteiger partial charge in [-0.25, -0.2) is 0 Å². The van der Waals surface area contributed by atoms with Crippen molar-refractivity contribution in [3.63, 3.8) is 0 Å². The van der Waals surface area contributed by atoms with Gasteiger partial charge in [-0.15, -0.1) is 0 Å². The SMILES string of the molecule is COC1CCC2(CC1)NC(=O)C(c1c(Cl)cc(Cl)c(C)c1Cl)=C2O.COC1CCC2(CC1)NC(=O)C(c1cc(C)ccc1C)=C2O.COCC1CCC2(CC1)NC(=O)C(c1c(C)cc(C)cc1C)=C2O.COCC1CCC2(CC1)NC(=O)C(c1c(C)cc(Cl)cc1C)=C2O.COCC1CCC2(CC1)NC(=O)C(c1c(C)cc(Cl)cc1Cl)=C2O.COCCC1CCC2(CC1)NC(=O)C(c1c(C)cc(C)cc1C)=C2O. The first-order valence-corrected chi connectivity index (χ1v) is 52.3. The van der Waals surface area contributed by atoms with Gasteiger partial charge in [-0.1, -0.05) is 129 Å². The molecule has 143 heavy (non-hydrogen) atoms. The molecule has 0 saturated heterocycles. The number of ether oxygens (including phenoxy) is 6. The molecule has 6 spiro atoms. The van der Waals surface area contributed by atoms with Crippen LogP contribution in [0.5, 0.6) is 0 Å². The fourth-order valence-corrected chi connectivity index (χ4v) is 26.2. The lowest BCUT2D eigenvalue weighted by molar-refractivity contribution is -0.117. The average molecular weight is 2090 g/mol. The van der Waals surface area contributed by atoms with Crippen LogP contribution in [-0.4, -0.2) is 181 Å². The predicted molar refractivity (Wildman–Crippen MR) is 567 cm³/mol. The molecule has 0 unspecified atom stereocenters. The van der Waals surface area contributed by atoms with Gasteiger partial charge < -0.3 is 91.0 Å². The Kier molecular flexibility index (Phi) is 35.8. The van der Waals surface area contributed by atoms with E-state index in [4.69, 9.17) is 98.0 Å². The summed E-state index contributed by atoms with van der Waals surface area (Å²) in [7, 11) is 10.3. The number of aliphatic hydroxyl groups is 6. The zero-order valence-electron chi connectivity index (χ0n) is 85.7. The Morgan fingerprint density at radius 3 is 0.860 bits per heavy atom. The van der Waals surface area contributed by atoms with Gasteiger partial charge in [0, 0.05) is 95.3 Å². The monoisotopic (exact) mass is 2080 g/mol. The lowest BCUT2D eigenvalue weighted by atomic mass is 9.74. The minimum absolute atomic E-state index is 0.00701. The van der Waals surface area contributed by atoms with Crippen molar-refractivity contribution in [1.29, 1.82) is 0 Å². The average Bonchev–Trinajstić information content (AvgIpc) is 1.64. The molecule has 6 fully saturated rings. The summed E-state index contributed by atoms with van der Waals surface area (Å²) >= 11 is 37.2. The molecule has 0 radical (unpaired) electrons. The molecule has 12 aliphatic rings. The molecule has 30 heteroatoms. The number of rotatable bonds is 17. The van der Waals surface area contributed by atoms with Gasteiger partial charge in [-0.2, -0.15) is 0 Å². The van der Waals surface area contributed by atoms with E-state index in [0.29, 0.717) is 115 Å². The van der Waals surface area contributed by atoms with E-state index < -0.39 is 33.2 Å². The molecule has 6 heterocycles. The topological polar surface area (TPSA) is 351 Å². The van der Waals surface area contributed by atoms with Crippen LogP contribution in [0.15, 0.2) is 107 Å². The fraction of sp³-hybridized carbons (Fsp3) is 0.522. The number of aryl methyl sites for hydroxylation is 11. The third-order valence-corrected chi connectivity index (χ3v) is 33.9. The highest BCUT2D eigenvalue weighted by Gasteiger charge is 2.55. The molecule has 6 aromatic rings. The van der Waals surface area contributed by atoms with Crippen LogP contribution < -0.4 is 31.9 Å². The lowest BCUT2D eigenvalue weighted by Crippen LogP contribution is -2.48. The molecule has 6 aliphatic heterocycles. The van der Waals surface area contributed by atoms with E-state index >= 15 is 0 Å². The number of benzene rings is 6. The molecule has 18 rings (SSSR count). The second-order valence-electron chi connectivity index (χ2n) is 41.9. The summed E-state index contributed by atoms with van der Waals surface area (Å²) in [6.07, 6.45) is 20.9. The maximum Gasteiger partial charge on any atom is 0.256 e. The van der Waals surface area contributed by atoms with E-state index in [2.05, 4.69) is 63.1 Å². The molecule has 6 amide bonds. The summed E-state index contributed by atoms with van der Waals surface area (Å²) in [6, 6.07) is 22.8. The van der Waals surface area contributed by atoms with E-state index in [9.17, 15) is 59.4 Å². The number of nitrogens with one attached hydrogen (secondary N) is 6. The number of aliphatic hydroxyl groups excluding tert-OH is 6. The molecular weight excluding hydrogens is 1940 g/mol. The van der Waals surface area contributed by atoms with E-state index in [1.165, 1.54) is 11.1 Å². The second kappa shape index (κ2) is 46.1. The van der Waals surface area contributed by atoms with Gasteiger partial charge >= 0.3 is 0 Å². The minimum atomic E-state index is -0.762. The largest absolute Gasteiger partial charge is 0.509 e. The van der Waals surface area contributed by atoms with Crippen molar-refractivity contribution in [3.8, 4) is 0 Å².